The average molecular weight is 298 g/mol. The van der Waals surface area contributed by atoms with Gasteiger partial charge >= 0.3 is 6.18 Å². The number of halogens is 3. The molecule has 0 spiro atoms. The quantitative estimate of drug-likeness (QED) is 0.882. The van der Waals surface area contributed by atoms with Crippen LogP contribution in [-0.4, -0.2) is 26.6 Å². The monoisotopic (exact) mass is 298 g/mol. The molecule has 1 aromatic carbocycles. The van der Waals surface area contributed by atoms with E-state index in [0.29, 0.717) is 0 Å². The topological polar surface area (TPSA) is 55.1 Å². The number of ketones is 1. The molecule has 2 rings (SSSR count). The van der Waals surface area contributed by atoms with Crippen LogP contribution in [0.1, 0.15) is 22.6 Å². The smallest absolute Gasteiger partial charge is 0.374 e. The van der Waals surface area contributed by atoms with Gasteiger partial charge in [-0.1, -0.05) is 30.3 Å². The number of alkyl halides is 3. The lowest BCUT2D eigenvalue weighted by molar-refractivity contribution is -0.268. The van der Waals surface area contributed by atoms with Crippen LogP contribution in [0, 0.1) is 0 Å². The Morgan fingerprint density at radius 2 is 1.90 bits per heavy atom. The third-order valence-electron chi connectivity index (χ3n) is 3.17. The molecule has 0 radical (unpaired) electrons. The maximum Gasteiger partial charge on any atom is 0.425 e. The van der Waals surface area contributed by atoms with Gasteiger partial charge in [0.05, 0.1) is 6.42 Å². The Balaban J connectivity index is 2.39. The molecule has 0 saturated carbocycles. The first-order valence-corrected chi connectivity index (χ1v) is 6.11. The van der Waals surface area contributed by atoms with Gasteiger partial charge < -0.3 is 9.67 Å². The van der Waals surface area contributed by atoms with Crippen molar-refractivity contribution >= 4 is 5.78 Å². The highest BCUT2D eigenvalue weighted by Gasteiger charge is 2.58. The number of aliphatic hydroxyl groups is 1. The van der Waals surface area contributed by atoms with E-state index in [4.69, 9.17) is 0 Å². The number of aryl methyl sites for hydroxylation is 1. The van der Waals surface area contributed by atoms with Crippen molar-refractivity contribution in [2.45, 2.75) is 18.2 Å². The summed E-state index contributed by atoms with van der Waals surface area (Å²) in [5.41, 5.74) is -3.22. The zero-order valence-electron chi connectivity index (χ0n) is 11.1. The Morgan fingerprint density at radius 1 is 1.29 bits per heavy atom. The predicted molar refractivity (Wildman–Crippen MR) is 68.5 cm³/mol. The highest BCUT2D eigenvalue weighted by molar-refractivity contribution is 5.96. The molecule has 0 fully saturated rings. The second kappa shape index (κ2) is 5.33. The number of aromatic nitrogens is 2. The molecule has 1 unspecified atom stereocenters. The fourth-order valence-corrected chi connectivity index (χ4v) is 2.03. The minimum atomic E-state index is -5.02. The van der Waals surface area contributed by atoms with Gasteiger partial charge in [0, 0.05) is 25.0 Å². The Bertz CT molecular complexity index is 637. The van der Waals surface area contributed by atoms with Crippen molar-refractivity contribution in [1.82, 2.24) is 9.55 Å². The van der Waals surface area contributed by atoms with Gasteiger partial charge in [-0.15, -0.1) is 0 Å². The van der Waals surface area contributed by atoms with Crippen LogP contribution in [0.4, 0.5) is 13.2 Å². The summed E-state index contributed by atoms with van der Waals surface area (Å²) in [5, 5.41) is 10.1. The van der Waals surface area contributed by atoms with Gasteiger partial charge in [-0.2, -0.15) is 13.2 Å². The van der Waals surface area contributed by atoms with Crippen LogP contribution in [0.5, 0.6) is 0 Å². The molecule has 0 saturated heterocycles. The molecule has 0 bridgehead atoms. The number of benzene rings is 1. The second-order valence-corrected chi connectivity index (χ2v) is 4.69. The van der Waals surface area contributed by atoms with Gasteiger partial charge in [0.2, 0.25) is 5.60 Å². The molecular weight excluding hydrogens is 285 g/mol. The lowest BCUT2D eigenvalue weighted by Gasteiger charge is -2.29. The van der Waals surface area contributed by atoms with Gasteiger partial charge in [0.1, 0.15) is 0 Å². The molecule has 7 heteroatoms. The highest BCUT2D eigenvalue weighted by atomic mass is 19.4. The molecule has 0 aliphatic carbocycles. The fourth-order valence-electron chi connectivity index (χ4n) is 2.03. The number of hydrogen-bond donors (Lipinski definition) is 1. The van der Waals surface area contributed by atoms with Crippen molar-refractivity contribution < 1.29 is 23.1 Å². The van der Waals surface area contributed by atoms with Gasteiger partial charge in [0.25, 0.3) is 0 Å². The number of imidazole rings is 1. The Hall–Kier alpha value is -2.15. The Labute approximate surface area is 118 Å². The van der Waals surface area contributed by atoms with Crippen LogP contribution in [0.15, 0.2) is 42.7 Å². The molecule has 4 nitrogen and oxygen atoms in total. The number of rotatable bonds is 4. The molecule has 0 aliphatic heterocycles. The SMILES string of the molecule is Cn1ccnc1C(O)(CC(=O)c1ccccc1)C(F)(F)F. The summed E-state index contributed by atoms with van der Waals surface area (Å²) >= 11 is 0. The van der Waals surface area contributed by atoms with Crippen LogP contribution in [0.25, 0.3) is 0 Å². The molecular formula is C14H13F3N2O2. The van der Waals surface area contributed by atoms with Crippen molar-refractivity contribution in [3.05, 3.63) is 54.1 Å². The van der Waals surface area contributed by atoms with Crippen LogP contribution >= 0.6 is 0 Å². The summed E-state index contributed by atoms with van der Waals surface area (Å²) in [6.07, 6.45) is -3.72. The maximum atomic E-state index is 13.3. The van der Waals surface area contributed by atoms with Crippen molar-refractivity contribution in [3.8, 4) is 0 Å². The van der Waals surface area contributed by atoms with E-state index >= 15 is 0 Å². The first-order chi connectivity index (χ1) is 9.75. The molecule has 0 amide bonds. The van der Waals surface area contributed by atoms with E-state index in [1.165, 1.54) is 25.4 Å². The zero-order chi connectivity index (χ0) is 15.7. The number of carbonyl (C=O) groups excluding carboxylic acids is 1. The van der Waals surface area contributed by atoms with Gasteiger partial charge in [-0.3, -0.25) is 4.79 Å². The summed E-state index contributed by atoms with van der Waals surface area (Å²) in [4.78, 5) is 15.6. The van der Waals surface area contributed by atoms with Crippen LogP contribution in [0.2, 0.25) is 0 Å². The van der Waals surface area contributed by atoms with E-state index in [1.54, 1.807) is 18.2 Å². The van der Waals surface area contributed by atoms with E-state index in [-0.39, 0.29) is 5.56 Å². The van der Waals surface area contributed by atoms with Crippen molar-refractivity contribution in [3.63, 3.8) is 0 Å². The molecule has 1 N–H and O–H groups in total. The Kier molecular flexibility index (Phi) is 3.87. The highest BCUT2D eigenvalue weighted by Crippen LogP contribution is 2.41. The number of nitrogens with zero attached hydrogens (tertiary/aromatic N) is 2. The molecule has 21 heavy (non-hydrogen) atoms. The molecule has 1 heterocycles. The second-order valence-electron chi connectivity index (χ2n) is 4.69. The largest absolute Gasteiger partial charge is 0.425 e. The van der Waals surface area contributed by atoms with E-state index in [9.17, 15) is 23.1 Å². The van der Waals surface area contributed by atoms with Crippen molar-refractivity contribution in [2.24, 2.45) is 7.05 Å². The molecule has 1 atom stereocenters. The molecule has 1 aromatic heterocycles. The third-order valence-corrected chi connectivity index (χ3v) is 3.17. The summed E-state index contributed by atoms with van der Waals surface area (Å²) in [7, 11) is 1.33. The predicted octanol–water partition coefficient (Wildman–Crippen LogP) is 2.44. The standard InChI is InChI=1S/C14H13F3N2O2/c1-19-8-7-18-12(19)13(21,14(15,16)17)9-11(20)10-5-3-2-4-6-10/h2-8,21H,9H2,1H3. The Morgan fingerprint density at radius 3 is 2.38 bits per heavy atom. The van der Waals surface area contributed by atoms with Crippen molar-refractivity contribution in [1.29, 1.82) is 0 Å². The molecule has 2 aromatic rings. The molecule has 0 aliphatic rings. The first kappa shape index (κ1) is 15.2. The number of carbonyl (C=O) groups is 1. The van der Waals surface area contributed by atoms with Crippen molar-refractivity contribution in [2.75, 3.05) is 0 Å². The summed E-state index contributed by atoms with van der Waals surface area (Å²) in [6.45, 7) is 0. The number of Topliss-reactive ketones (excluding diaryl/α,β-unsaturated/α-hetero) is 1. The lowest BCUT2D eigenvalue weighted by Crippen LogP contribution is -2.46. The average Bonchev–Trinajstić information content (AvgIpc) is 2.85. The van der Waals surface area contributed by atoms with Gasteiger partial charge in [-0.05, 0) is 0 Å². The minimum absolute atomic E-state index is 0.106. The van der Waals surface area contributed by atoms with Crippen LogP contribution in [-0.2, 0) is 12.6 Å². The first-order valence-electron chi connectivity index (χ1n) is 6.11. The van der Waals surface area contributed by atoms with E-state index < -0.39 is 29.8 Å². The zero-order valence-corrected chi connectivity index (χ0v) is 11.1. The summed E-state index contributed by atoms with van der Waals surface area (Å²) in [6, 6.07) is 7.53. The fraction of sp³-hybridized carbons (Fsp3) is 0.286. The molecule has 112 valence electrons. The van der Waals surface area contributed by atoms with E-state index in [2.05, 4.69) is 4.98 Å². The summed E-state index contributed by atoms with van der Waals surface area (Å²) in [5.74, 6) is -1.42. The summed E-state index contributed by atoms with van der Waals surface area (Å²) < 4.78 is 40.9. The van der Waals surface area contributed by atoms with E-state index in [0.717, 1.165) is 10.8 Å². The van der Waals surface area contributed by atoms with E-state index in [1.807, 2.05) is 0 Å². The van der Waals surface area contributed by atoms with Gasteiger partial charge in [0.15, 0.2) is 11.6 Å². The lowest BCUT2D eigenvalue weighted by atomic mass is 9.92. The van der Waals surface area contributed by atoms with Crippen LogP contribution in [0.3, 0.4) is 0 Å². The minimum Gasteiger partial charge on any atom is -0.374 e. The van der Waals surface area contributed by atoms with Crippen LogP contribution < -0.4 is 0 Å². The maximum absolute atomic E-state index is 13.3. The normalized spacial score (nSPS) is 14.7. The number of hydrogen-bond acceptors (Lipinski definition) is 3. The van der Waals surface area contributed by atoms with Gasteiger partial charge in [-0.25, -0.2) is 4.98 Å². The third kappa shape index (κ3) is 2.82.